The number of benzene rings is 2. The van der Waals surface area contributed by atoms with Crippen molar-refractivity contribution in [3.63, 3.8) is 0 Å². The summed E-state index contributed by atoms with van der Waals surface area (Å²) in [5.74, 6) is -5.22. The summed E-state index contributed by atoms with van der Waals surface area (Å²) in [4.78, 5) is 16.3. The number of β-amino-alcohol motifs (C(OH)–C–C–N with tert-alkyl or cyclic N) is 1. The number of halogens is 3. The van der Waals surface area contributed by atoms with Gasteiger partial charge in [-0.15, -0.1) is 0 Å². The predicted molar refractivity (Wildman–Crippen MR) is 111 cm³/mol. The molecule has 0 bridgehead atoms. The van der Waals surface area contributed by atoms with Gasteiger partial charge in [0.25, 0.3) is 5.91 Å². The standard InChI is InChI=1S/C24H27F3N2O2/c1-2-19(16-8-4-3-5-9-16)29-13-7-6-10-20(29)24(31)14-28(15-24)23(30)17-11-12-18(25)22(27)21(17)26/h3-5,8-9,11-12,19-20,31H,2,6-7,10,13-15H2,1H3/t19-,20+/m1/s1. The molecule has 2 saturated heterocycles. The maximum absolute atomic E-state index is 14.0. The maximum Gasteiger partial charge on any atom is 0.257 e. The van der Waals surface area contributed by atoms with Crippen molar-refractivity contribution < 1.29 is 23.1 Å². The molecule has 0 unspecified atom stereocenters. The summed E-state index contributed by atoms with van der Waals surface area (Å²) in [6, 6.07) is 11.9. The van der Waals surface area contributed by atoms with Crippen molar-refractivity contribution >= 4 is 5.91 Å². The summed E-state index contributed by atoms with van der Waals surface area (Å²) in [7, 11) is 0. The molecule has 2 atom stereocenters. The lowest BCUT2D eigenvalue weighted by molar-refractivity contribution is -0.148. The molecule has 2 aliphatic rings. The number of piperidine rings is 1. The van der Waals surface area contributed by atoms with Crippen LogP contribution in [-0.4, -0.2) is 52.1 Å². The van der Waals surface area contributed by atoms with Crippen LogP contribution in [0.3, 0.4) is 0 Å². The van der Waals surface area contributed by atoms with Crippen LogP contribution in [0.15, 0.2) is 42.5 Å². The van der Waals surface area contributed by atoms with Crippen LogP contribution in [0.1, 0.15) is 54.6 Å². The molecule has 0 radical (unpaired) electrons. The lowest BCUT2D eigenvalue weighted by Gasteiger charge is -2.56. The van der Waals surface area contributed by atoms with E-state index >= 15 is 0 Å². The first kappa shape index (κ1) is 21.8. The van der Waals surface area contributed by atoms with Gasteiger partial charge in [-0.3, -0.25) is 9.69 Å². The Balaban J connectivity index is 1.51. The van der Waals surface area contributed by atoms with Gasteiger partial charge in [0.2, 0.25) is 0 Å². The number of rotatable bonds is 5. The quantitative estimate of drug-likeness (QED) is 0.717. The highest BCUT2D eigenvalue weighted by Gasteiger charge is 2.53. The SMILES string of the molecule is CC[C@H](c1ccccc1)N1CCCC[C@H]1C1(O)CN(C(=O)c2ccc(F)c(F)c2F)C1. The van der Waals surface area contributed by atoms with Crippen molar-refractivity contribution in [1.82, 2.24) is 9.80 Å². The molecule has 2 aromatic rings. The zero-order valence-electron chi connectivity index (χ0n) is 17.5. The molecule has 2 heterocycles. The smallest absolute Gasteiger partial charge is 0.257 e. The molecule has 1 amide bonds. The van der Waals surface area contributed by atoms with Gasteiger partial charge in [0.15, 0.2) is 17.5 Å². The van der Waals surface area contributed by atoms with E-state index in [-0.39, 0.29) is 25.2 Å². The Kier molecular flexibility index (Phi) is 6.08. The summed E-state index contributed by atoms with van der Waals surface area (Å²) in [5.41, 5.74) is -0.443. The Bertz CT molecular complexity index is 947. The molecule has 7 heteroatoms. The Labute approximate surface area is 180 Å². The Hall–Kier alpha value is -2.38. The highest BCUT2D eigenvalue weighted by atomic mass is 19.2. The van der Waals surface area contributed by atoms with Crippen LogP contribution in [0.2, 0.25) is 0 Å². The van der Waals surface area contributed by atoms with Gasteiger partial charge in [0.1, 0.15) is 5.60 Å². The van der Waals surface area contributed by atoms with E-state index in [0.717, 1.165) is 44.4 Å². The van der Waals surface area contributed by atoms with Gasteiger partial charge in [-0.1, -0.05) is 43.7 Å². The number of aliphatic hydroxyl groups is 1. The molecule has 0 aromatic heterocycles. The number of nitrogens with zero attached hydrogens (tertiary/aromatic N) is 2. The molecule has 0 aliphatic carbocycles. The van der Waals surface area contributed by atoms with Crippen LogP contribution in [0.25, 0.3) is 0 Å². The fourth-order valence-corrected chi connectivity index (χ4v) is 5.07. The molecule has 4 rings (SSSR count). The molecule has 31 heavy (non-hydrogen) atoms. The summed E-state index contributed by atoms with van der Waals surface area (Å²) >= 11 is 0. The summed E-state index contributed by atoms with van der Waals surface area (Å²) in [6.07, 6.45) is 3.72. The van der Waals surface area contributed by atoms with E-state index in [1.165, 1.54) is 10.5 Å². The minimum Gasteiger partial charge on any atom is -0.385 e. The molecular weight excluding hydrogens is 405 g/mol. The van der Waals surface area contributed by atoms with Gasteiger partial charge in [-0.2, -0.15) is 0 Å². The first-order chi connectivity index (χ1) is 14.9. The topological polar surface area (TPSA) is 43.8 Å². The van der Waals surface area contributed by atoms with Crippen LogP contribution in [0.4, 0.5) is 13.2 Å². The molecule has 166 valence electrons. The van der Waals surface area contributed by atoms with E-state index in [0.29, 0.717) is 0 Å². The minimum absolute atomic E-state index is 0.0384. The molecule has 4 nitrogen and oxygen atoms in total. The Morgan fingerprint density at radius 1 is 1.10 bits per heavy atom. The molecular formula is C24H27F3N2O2. The largest absolute Gasteiger partial charge is 0.385 e. The van der Waals surface area contributed by atoms with Gasteiger partial charge < -0.3 is 10.0 Å². The van der Waals surface area contributed by atoms with E-state index in [1.54, 1.807) is 0 Å². The van der Waals surface area contributed by atoms with Gasteiger partial charge in [-0.05, 0) is 43.5 Å². The van der Waals surface area contributed by atoms with E-state index in [1.807, 2.05) is 18.2 Å². The molecule has 2 fully saturated rings. The monoisotopic (exact) mass is 432 g/mol. The van der Waals surface area contributed by atoms with E-state index < -0.39 is 34.5 Å². The van der Waals surface area contributed by atoms with Crippen molar-refractivity contribution in [3.05, 3.63) is 71.0 Å². The third kappa shape index (κ3) is 3.96. The molecule has 1 N–H and O–H groups in total. The van der Waals surface area contributed by atoms with E-state index in [9.17, 15) is 23.1 Å². The number of hydrogen-bond acceptors (Lipinski definition) is 3. The van der Waals surface area contributed by atoms with Gasteiger partial charge >= 0.3 is 0 Å². The van der Waals surface area contributed by atoms with Crippen LogP contribution in [0.5, 0.6) is 0 Å². The predicted octanol–water partition coefficient (Wildman–Crippen LogP) is 4.30. The van der Waals surface area contributed by atoms with Gasteiger partial charge in [0, 0.05) is 12.1 Å². The lowest BCUT2D eigenvalue weighted by Crippen LogP contribution is -2.72. The Morgan fingerprint density at radius 2 is 1.81 bits per heavy atom. The Morgan fingerprint density at radius 3 is 2.48 bits per heavy atom. The van der Waals surface area contributed by atoms with Crippen molar-refractivity contribution in [3.8, 4) is 0 Å². The molecule has 2 aromatic carbocycles. The number of amides is 1. The van der Waals surface area contributed by atoms with Gasteiger partial charge in [0.05, 0.1) is 18.7 Å². The first-order valence-corrected chi connectivity index (χ1v) is 10.8. The average Bonchev–Trinajstić information content (AvgIpc) is 2.77. The first-order valence-electron chi connectivity index (χ1n) is 10.8. The third-order valence-electron chi connectivity index (χ3n) is 6.62. The average molecular weight is 432 g/mol. The molecule has 0 spiro atoms. The maximum atomic E-state index is 14.0. The summed E-state index contributed by atoms with van der Waals surface area (Å²) < 4.78 is 40.8. The zero-order valence-corrected chi connectivity index (χ0v) is 17.5. The van der Waals surface area contributed by atoms with Crippen molar-refractivity contribution in [1.29, 1.82) is 0 Å². The van der Waals surface area contributed by atoms with E-state index in [4.69, 9.17) is 0 Å². The van der Waals surface area contributed by atoms with Crippen LogP contribution < -0.4 is 0 Å². The highest BCUT2D eigenvalue weighted by molar-refractivity contribution is 5.95. The minimum atomic E-state index is -1.66. The summed E-state index contributed by atoms with van der Waals surface area (Å²) in [5, 5.41) is 11.4. The number of carbonyl (C=O) groups is 1. The zero-order chi connectivity index (χ0) is 22.2. The van der Waals surface area contributed by atoms with Crippen molar-refractivity contribution in [2.75, 3.05) is 19.6 Å². The van der Waals surface area contributed by atoms with Gasteiger partial charge in [-0.25, -0.2) is 13.2 Å². The molecule has 0 saturated carbocycles. The van der Waals surface area contributed by atoms with Crippen LogP contribution in [0, 0.1) is 17.5 Å². The van der Waals surface area contributed by atoms with Crippen LogP contribution >= 0.6 is 0 Å². The second kappa shape index (κ2) is 8.63. The fraction of sp³-hybridized carbons (Fsp3) is 0.458. The lowest BCUT2D eigenvalue weighted by atomic mass is 9.78. The van der Waals surface area contributed by atoms with Crippen molar-refractivity contribution in [2.45, 2.75) is 50.3 Å². The second-order valence-corrected chi connectivity index (χ2v) is 8.57. The van der Waals surface area contributed by atoms with Crippen LogP contribution in [-0.2, 0) is 0 Å². The summed E-state index contributed by atoms with van der Waals surface area (Å²) in [6.45, 7) is 3.05. The number of hydrogen-bond donors (Lipinski definition) is 1. The fourth-order valence-electron chi connectivity index (χ4n) is 5.07. The highest BCUT2D eigenvalue weighted by Crippen LogP contribution is 2.39. The number of likely N-dealkylation sites (tertiary alicyclic amines) is 2. The van der Waals surface area contributed by atoms with Crippen molar-refractivity contribution in [2.24, 2.45) is 0 Å². The molecule has 2 aliphatic heterocycles. The normalized spacial score (nSPS) is 22.1. The second-order valence-electron chi connectivity index (χ2n) is 8.57. The number of carbonyl (C=O) groups excluding carboxylic acids is 1. The van der Waals surface area contributed by atoms with E-state index in [2.05, 4.69) is 24.0 Å². The third-order valence-corrected chi connectivity index (χ3v) is 6.62.